The molecule has 5 heteroatoms. The predicted octanol–water partition coefficient (Wildman–Crippen LogP) is 12.6. The molecule has 0 radical (unpaired) electrons. The first-order valence-electron chi connectivity index (χ1n) is 19.0. The summed E-state index contributed by atoms with van der Waals surface area (Å²) in [6.07, 6.45) is -0.412. The van der Waals surface area contributed by atoms with E-state index in [9.17, 15) is 0 Å². The molecule has 0 bridgehead atoms. The van der Waals surface area contributed by atoms with Crippen LogP contribution in [0.5, 0.6) is 0 Å². The number of nitrogens with zero attached hydrogens (tertiary/aromatic N) is 3. The van der Waals surface area contributed by atoms with Gasteiger partial charge in [0.1, 0.15) is 23.2 Å². The van der Waals surface area contributed by atoms with Crippen molar-refractivity contribution in [2.24, 2.45) is 9.98 Å². The van der Waals surface area contributed by atoms with E-state index < -0.39 is 6.17 Å². The minimum Gasteiger partial charge on any atom is -0.455 e. The molecule has 0 aliphatic carbocycles. The van der Waals surface area contributed by atoms with E-state index in [0.29, 0.717) is 11.7 Å². The number of hydrogen-bond acceptors (Lipinski definition) is 4. The van der Waals surface area contributed by atoms with E-state index in [0.717, 1.165) is 71.5 Å². The zero-order valence-corrected chi connectivity index (χ0v) is 30.1. The molecule has 262 valence electrons. The smallest absolute Gasteiger partial charge is 0.160 e. The maximum Gasteiger partial charge on any atom is 0.160 e. The van der Waals surface area contributed by atoms with Crippen LogP contribution in [0.1, 0.15) is 22.9 Å². The summed E-state index contributed by atoms with van der Waals surface area (Å²) in [5.74, 6) is 1.38. The fourth-order valence-corrected chi connectivity index (χ4v) is 8.83. The highest BCUT2D eigenvalue weighted by atomic mass is 16.3. The summed E-state index contributed by atoms with van der Waals surface area (Å²) < 4.78 is 9.19. The maximum absolute atomic E-state index is 6.79. The quantitative estimate of drug-likeness (QED) is 0.197. The molecule has 0 amide bonds. The second kappa shape index (κ2) is 12.0. The average Bonchev–Trinajstić information content (AvgIpc) is 3.80. The van der Waals surface area contributed by atoms with Gasteiger partial charge in [-0.15, -0.1) is 0 Å². The monoisotopic (exact) mass is 716 g/mol. The molecule has 0 saturated carbocycles. The van der Waals surface area contributed by atoms with Crippen molar-refractivity contribution in [3.8, 4) is 5.69 Å². The van der Waals surface area contributed by atoms with Crippen LogP contribution < -0.4 is 5.32 Å². The van der Waals surface area contributed by atoms with Crippen LogP contribution in [0.25, 0.3) is 81.7 Å². The molecular weight excluding hydrogens is 685 g/mol. The number of aliphatic imine (C=N–C) groups is 2. The molecule has 0 spiro atoms. The Balaban J connectivity index is 1.16. The molecule has 5 nitrogen and oxygen atoms in total. The molecule has 1 aliphatic rings. The van der Waals surface area contributed by atoms with Gasteiger partial charge in [-0.25, -0.2) is 9.98 Å². The number of hydrogen-bond donors (Lipinski definition) is 1. The summed E-state index contributed by atoms with van der Waals surface area (Å²) in [4.78, 5) is 10.8. The van der Waals surface area contributed by atoms with E-state index in [1.54, 1.807) is 0 Å². The molecule has 3 heterocycles. The van der Waals surface area contributed by atoms with Crippen LogP contribution in [-0.2, 0) is 0 Å². The Morgan fingerprint density at radius 1 is 0.464 bits per heavy atom. The molecule has 0 fully saturated rings. The number of amidine groups is 2. The second-order valence-corrected chi connectivity index (χ2v) is 14.6. The van der Waals surface area contributed by atoms with Crippen molar-refractivity contribution in [1.82, 2.24) is 9.88 Å². The summed E-state index contributed by atoms with van der Waals surface area (Å²) in [6.45, 7) is 0. The van der Waals surface area contributed by atoms with Crippen molar-refractivity contribution in [1.29, 1.82) is 0 Å². The van der Waals surface area contributed by atoms with Crippen LogP contribution in [0, 0.1) is 0 Å². The van der Waals surface area contributed by atoms with Gasteiger partial charge in [-0.3, -0.25) is 0 Å². The Morgan fingerprint density at radius 2 is 1.11 bits per heavy atom. The average molecular weight is 717 g/mol. The minimum atomic E-state index is -0.412. The van der Waals surface area contributed by atoms with Crippen LogP contribution in [0.3, 0.4) is 0 Å². The van der Waals surface area contributed by atoms with E-state index in [-0.39, 0.29) is 0 Å². The minimum absolute atomic E-state index is 0.412. The van der Waals surface area contributed by atoms with Crippen LogP contribution in [0.2, 0.25) is 0 Å². The highest BCUT2D eigenvalue weighted by Crippen LogP contribution is 2.39. The van der Waals surface area contributed by atoms with Gasteiger partial charge in [0, 0.05) is 38.4 Å². The van der Waals surface area contributed by atoms with Gasteiger partial charge in [0.2, 0.25) is 0 Å². The van der Waals surface area contributed by atoms with Crippen molar-refractivity contribution in [2.75, 3.05) is 0 Å². The lowest BCUT2D eigenvalue weighted by Crippen LogP contribution is -2.34. The lowest BCUT2D eigenvalue weighted by Gasteiger charge is -2.25. The van der Waals surface area contributed by atoms with E-state index in [1.807, 2.05) is 12.1 Å². The van der Waals surface area contributed by atoms with Gasteiger partial charge < -0.3 is 14.3 Å². The first-order chi connectivity index (χ1) is 27.7. The molecular formula is C51H32N4O. The Labute approximate surface area is 321 Å². The number of fused-ring (bicyclic) bond motifs is 9. The van der Waals surface area contributed by atoms with E-state index in [2.05, 4.69) is 180 Å². The van der Waals surface area contributed by atoms with Gasteiger partial charge in [-0.05, 0) is 68.7 Å². The third-order valence-corrected chi connectivity index (χ3v) is 11.4. The molecule has 56 heavy (non-hydrogen) atoms. The zero-order valence-electron chi connectivity index (χ0n) is 30.1. The predicted molar refractivity (Wildman–Crippen MR) is 232 cm³/mol. The Hall–Kier alpha value is -7.50. The van der Waals surface area contributed by atoms with Crippen molar-refractivity contribution in [3.05, 3.63) is 199 Å². The molecule has 0 saturated heterocycles. The van der Waals surface area contributed by atoms with E-state index in [1.165, 1.54) is 26.9 Å². The fraction of sp³-hybridized carbons (Fsp3) is 0.0196. The molecule has 2 aromatic heterocycles. The molecule has 1 aliphatic heterocycles. The standard InChI is InChI=1S/C51H32N4O/c1-2-16-34-28-46-42(27-33(34)15-1)38-21-7-9-25-45(38)55(46)35-29-43-39-22-8-10-26-47(39)56-48(43)44(30-35)51-53-49(40-23-11-17-31-13-3-5-19-36(31)40)52-50(54-51)41-24-12-18-32-14-4-6-20-37(32)41/h1-30,49H,(H,52,53,54). The van der Waals surface area contributed by atoms with Crippen molar-refractivity contribution >= 4 is 87.7 Å². The fourth-order valence-electron chi connectivity index (χ4n) is 8.83. The van der Waals surface area contributed by atoms with Gasteiger partial charge in [0.25, 0.3) is 0 Å². The molecule has 12 rings (SSSR count). The van der Waals surface area contributed by atoms with E-state index >= 15 is 0 Å². The number of aromatic nitrogens is 1. The van der Waals surface area contributed by atoms with Crippen molar-refractivity contribution < 1.29 is 4.42 Å². The largest absolute Gasteiger partial charge is 0.455 e. The SMILES string of the molecule is c1ccc2cc3c(cc2c1)c1ccccc1n3-c1cc(C2=NC(c3cccc4ccccc34)=NC(c3cccc4ccccc34)N2)c2oc3ccccc3c2c1. The van der Waals surface area contributed by atoms with Crippen LogP contribution in [0.4, 0.5) is 0 Å². The Bertz CT molecular complexity index is 3470. The van der Waals surface area contributed by atoms with Crippen LogP contribution >= 0.6 is 0 Å². The zero-order chi connectivity index (χ0) is 36.7. The van der Waals surface area contributed by atoms with Gasteiger partial charge in [-0.1, -0.05) is 146 Å². The lowest BCUT2D eigenvalue weighted by atomic mass is 10.00. The second-order valence-electron chi connectivity index (χ2n) is 14.6. The topological polar surface area (TPSA) is 54.8 Å². The van der Waals surface area contributed by atoms with Gasteiger partial charge in [0.15, 0.2) is 5.84 Å². The van der Waals surface area contributed by atoms with Crippen molar-refractivity contribution in [2.45, 2.75) is 6.17 Å². The number of rotatable bonds is 4. The summed E-state index contributed by atoms with van der Waals surface area (Å²) in [5.41, 5.74) is 7.87. The van der Waals surface area contributed by atoms with E-state index in [4.69, 9.17) is 14.4 Å². The summed E-state index contributed by atoms with van der Waals surface area (Å²) in [7, 11) is 0. The van der Waals surface area contributed by atoms with Crippen molar-refractivity contribution in [3.63, 3.8) is 0 Å². The first kappa shape index (κ1) is 30.9. The normalized spacial score (nSPS) is 14.6. The third-order valence-electron chi connectivity index (χ3n) is 11.4. The Kier molecular flexibility index (Phi) is 6.63. The third kappa shape index (κ3) is 4.67. The number of benzene rings is 9. The molecule has 1 unspecified atom stereocenters. The molecule has 1 N–H and O–H groups in total. The molecule has 1 atom stereocenters. The molecule has 9 aromatic carbocycles. The van der Waals surface area contributed by atoms with Crippen LogP contribution in [0.15, 0.2) is 196 Å². The number of furan rings is 1. The summed E-state index contributed by atoms with van der Waals surface area (Å²) in [6, 6.07) is 64.5. The van der Waals surface area contributed by atoms with Gasteiger partial charge >= 0.3 is 0 Å². The summed E-state index contributed by atoms with van der Waals surface area (Å²) >= 11 is 0. The lowest BCUT2D eigenvalue weighted by molar-refractivity contribution is 0.661. The number of nitrogens with one attached hydrogen (secondary N) is 1. The van der Waals surface area contributed by atoms with Gasteiger partial charge in [-0.2, -0.15) is 0 Å². The highest BCUT2D eigenvalue weighted by molar-refractivity contribution is 6.22. The molecule has 11 aromatic rings. The number of para-hydroxylation sites is 2. The summed E-state index contributed by atoms with van der Waals surface area (Å²) in [5, 5.41) is 15.3. The first-order valence-corrected chi connectivity index (χ1v) is 19.0. The Morgan fingerprint density at radius 3 is 1.95 bits per heavy atom. The highest BCUT2D eigenvalue weighted by Gasteiger charge is 2.27. The van der Waals surface area contributed by atoms with Gasteiger partial charge in [0.05, 0.1) is 16.6 Å². The maximum atomic E-state index is 6.79. The van der Waals surface area contributed by atoms with Crippen LogP contribution in [-0.4, -0.2) is 16.2 Å².